The van der Waals surface area contributed by atoms with E-state index in [0.29, 0.717) is 22.3 Å². The van der Waals surface area contributed by atoms with Crippen LogP contribution in [-0.2, 0) is 12.7 Å². The number of amides is 1. The predicted molar refractivity (Wildman–Crippen MR) is 114 cm³/mol. The fourth-order valence-corrected chi connectivity index (χ4v) is 4.23. The molecule has 2 heterocycles. The van der Waals surface area contributed by atoms with E-state index in [9.17, 15) is 22.8 Å². The fourth-order valence-electron chi connectivity index (χ4n) is 3.20. The van der Waals surface area contributed by atoms with Crippen LogP contribution in [0.2, 0.25) is 0 Å². The Hall–Kier alpha value is -3.46. The molecule has 0 saturated heterocycles. The van der Waals surface area contributed by atoms with Gasteiger partial charge in [-0.15, -0.1) is 11.3 Å². The maximum Gasteiger partial charge on any atom is 0.416 e. The SMILES string of the molecule is Cc1c(C(=O)Nc2ccc(C(F)(F)F)cc2)sc2ncn(Cc3ccccc3)c(=O)c12. The Bertz CT molecular complexity index is 1310. The average Bonchev–Trinajstić information content (AvgIpc) is 3.08. The average molecular weight is 443 g/mol. The second-order valence-electron chi connectivity index (χ2n) is 6.93. The highest BCUT2D eigenvalue weighted by atomic mass is 32.1. The number of nitrogens with one attached hydrogen (secondary N) is 1. The molecule has 0 aliphatic heterocycles. The fraction of sp³-hybridized carbons (Fsp3) is 0.136. The Morgan fingerprint density at radius 3 is 2.42 bits per heavy atom. The summed E-state index contributed by atoms with van der Waals surface area (Å²) >= 11 is 1.07. The molecule has 4 rings (SSSR count). The number of rotatable bonds is 4. The third-order valence-corrected chi connectivity index (χ3v) is 5.99. The highest BCUT2D eigenvalue weighted by Gasteiger charge is 2.30. The van der Waals surface area contributed by atoms with Crippen molar-refractivity contribution in [1.82, 2.24) is 9.55 Å². The zero-order valence-corrected chi connectivity index (χ0v) is 17.1. The summed E-state index contributed by atoms with van der Waals surface area (Å²) in [6, 6.07) is 13.6. The van der Waals surface area contributed by atoms with Gasteiger partial charge < -0.3 is 5.32 Å². The second kappa shape index (κ2) is 7.99. The number of hydrogen-bond donors (Lipinski definition) is 1. The second-order valence-corrected chi connectivity index (χ2v) is 7.93. The maximum absolute atomic E-state index is 13.0. The normalized spacial score (nSPS) is 11.6. The minimum absolute atomic E-state index is 0.226. The Morgan fingerprint density at radius 1 is 1.10 bits per heavy atom. The Morgan fingerprint density at radius 2 is 1.77 bits per heavy atom. The molecule has 1 amide bonds. The van der Waals surface area contributed by atoms with Gasteiger partial charge in [0, 0.05) is 5.69 Å². The number of carbonyl (C=O) groups excluding carboxylic acids is 1. The topological polar surface area (TPSA) is 64.0 Å². The highest BCUT2D eigenvalue weighted by Crippen LogP contribution is 2.31. The van der Waals surface area contributed by atoms with Crippen LogP contribution in [0.5, 0.6) is 0 Å². The standard InChI is InChI=1S/C22H16F3N3O2S/c1-13-17-20(26-12-28(21(17)30)11-14-5-3-2-4-6-14)31-18(13)19(29)27-16-9-7-15(8-10-16)22(23,24)25/h2-10,12H,11H2,1H3,(H,27,29). The summed E-state index contributed by atoms with van der Waals surface area (Å²) in [6.07, 6.45) is -3.00. The van der Waals surface area contributed by atoms with Crippen molar-refractivity contribution in [2.45, 2.75) is 19.6 Å². The van der Waals surface area contributed by atoms with Crippen molar-refractivity contribution in [2.24, 2.45) is 0 Å². The number of anilines is 1. The molecular formula is C22H16F3N3O2S. The van der Waals surface area contributed by atoms with Crippen LogP contribution in [-0.4, -0.2) is 15.5 Å². The first-order chi connectivity index (χ1) is 14.7. The molecule has 0 unspecified atom stereocenters. The number of carbonyl (C=O) groups is 1. The van der Waals surface area contributed by atoms with Gasteiger partial charge in [0.05, 0.1) is 28.7 Å². The molecule has 5 nitrogen and oxygen atoms in total. The van der Waals surface area contributed by atoms with Crippen molar-refractivity contribution < 1.29 is 18.0 Å². The van der Waals surface area contributed by atoms with Crippen LogP contribution in [0.4, 0.5) is 18.9 Å². The first-order valence-electron chi connectivity index (χ1n) is 9.25. The van der Waals surface area contributed by atoms with Gasteiger partial charge in [0.15, 0.2) is 0 Å². The number of thiophene rings is 1. The van der Waals surface area contributed by atoms with Gasteiger partial charge in [0.2, 0.25) is 0 Å². The lowest BCUT2D eigenvalue weighted by Gasteiger charge is -2.08. The third-order valence-electron chi connectivity index (χ3n) is 4.79. The summed E-state index contributed by atoms with van der Waals surface area (Å²) in [7, 11) is 0. The molecule has 0 spiro atoms. The van der Waals surface area contributed by atoms with Gasteiger partial charge in [-0.2, -0.15) is 13.2 Å². The van der Waals surface area contributed by atoms with Crippen LogP contribution in [0, 0.1) is 6.92 Å². The lowest BCUT2D eigenvalue weighted by atomic mass is 10.2. The van der Waals surface area contributed by atoms with Crippen LogP contribution < -0.4 is 10.9 Å². The number of aromatic nitrogens is 2. The molecule has 4 aromatic rings. The molecule has 158 valence electrons. The quantitative estimate of drug-likeness (QED) is 0.478. The summed E-state index contributed by atoms with van der Waals surface area (Å²) in [5.74, 6) is -0.505. The Kier molecular flexibility index (Phi) is 5.36. The van der Waals surface area contributed by atoms with Crippen molar-refractivity contribution in [3.05, 3.63) is 92.8 Å². The van der Waals surface area contributed by atoms with E-state index in [4.69, 9.17) is 0 Å². The van der Waals surface area contributed by atoms with E-state index in [1.807, 2.05) is 30.3 Å². The molecule has 2 aromatic carbocycles. The van der Waals surface area contributed by atoms with Gasteiger partial charge in [-0.25, -0.2) is 4.98 Å². The first kappa shape index (κ1) is 20.8. The van der Waals surface area contributed by atoms with Gasteiger partial charge >= 0.3 is 6.18 Å². The molecule has 0 radical (unpaired) electrons. The predicted octanol–water partition coefficient (Wildman–Crippen LogP) is 5.09. The number of nitrogens with zero attached hydrogens (tertiary/aromatic N) is 2. The molecule has 0 saturated carbocycles. The Labute approximate surface area is 178 Å². The van der Waals surface area contributed by atoms with Gasteiger partial charge in [-0.05, 0) is 42.3 Å². The molecular weight excluding hydrogens is 427 g/mol. The van der Waals surface area contributed by atoms with Gasteiger partial charge in [-0.1, -0.05) is 30.3 Å². The zero-order chi connectivity index (χ0) is 22.2. The molecule has 0 atom stereocenters. The zero-order valence-electron chi connectivity index (χ0n) is 16.2. The van der Waals surface area contributed by atoms with E-state index >= 15 is 0 Å². The van der Waals surface area contributed by atoms with Crippen LogP contribution >= 0.6 is 11.3 Å². The molecule has 9 heteroatoms. The van der Waals surface area contributed by atoms with Crippen molar-refractivity contribution in [3.63, 3.8) is 0 Å². The van der Waals surface area contributed by atoms with Crippen molar-refractivity contribution in [1.29, 1.82) is 0 Å². The van der Waals surface area contributed by atoms with Crippen LogP contribution in [0.25, 0.3) is 10.2 Å². The summed E-state index contributed by atoms with van der Waals surface area (Å²) in [5.41, 5.74) is 0.607. The lowest BCUT2D eigenvalue weighted by Crippen LogP contribution is -2.21. The maximum atomic E-state index is 13.0. The highest BCUT2D eigenvalue weighted by molar-refractivity contribution is 7.20. The van der Waals surface area contributed by atoms with Crippen LogP contribution in [0.1, 0.15) is 26.4 Å². The molecule has 0 fully saturated rings. The van der Waals surface area contributed by atoms with E-state index in [0.717, 1.165) is 29.0 Å². The van der Waals surface area contributed by atoms with Crippen molar-refractivity contribution in [3.8, 4) is 0 Å². The van der Waals surface area contributed by atoms with Crippen LogP contribution in [0.15, 0.2) is 65.7 Å². The minimum Gasteiger partial charge on any atom is -0.321 e. The molecule has 0 aliphatic carbocycles. The molecule has 0 aliphatic rings. The third kappa shape index (κ3) is 4.22. The number of benzene rings is 2. The summed E-state index contributed by atoms with van der Waals surface area (Å²) in [5, 5.41) is 2.94. The molecule has 0 bridgehead atoms. The number of alkyl halides is 3. The van der Waals surface area contributed by atoms with E-state index in [1.165, 1.54) is 23.0 Å². The van der Waals surface area contributed by atoms with Gasteiger partial charge in [0.1, 0.15) is 4.83 Å². The molecule has 2 aromatic heterocycles. The van der Waals surface area contributed by atoms with Crippen molar-refractivity contribution >= 4 is 33.1 Å². The molecule has 1 N–H and O–H groups in total. The number of fused-ring (bicyclic) bond motifs is 1. The van der Waals surface area contributed by atoms with E-state index in [2.05, 4.69) is 10.3 Å². The Balaban J connectivity index is 1.62. The van der Waals surface area contributed by atoms with Gasteiger partial charge in [0.25, 0.3) is 11.5 Å². The minimum atomic E-state index is -4.45. The van der Waals surface area contributed by atoms with Crippen molar-refractivity contribution in [2.75, 3.05) is 5.32 Å². The monoisotopic (exact) mass is 443 g/mol. The lowest BCUT2D eigenvalue weighted by molar-refractivity contribution is -0.137. The van der Waals surface area contributed by atoms with Crippen LogP contribution in [0.3, 0.4) is 0 Å². The van der Waals surface area contributed by atoms with E-state index in [1.54, 1.807) is 6.92 Å². The smallest absolute Gasteiger partial charge is 0.321 e. The van der Waals surface area contributed by atoms with E-state index < -0.39 is 17.6 Å². The van der Waals surface area contributed by atoms with Gasteiger partial charge in [-0.3, -0.25) is 14.2 Å². The largest absolute Gasteiger partial charge is 0.416 e. The summed E-state index contributed by atoms with van der Waals surface area (Å²) < 4.78 is 39.6. The number of halogens is 3. The van der Waals surface area contributed by atoms with E-state index in [-0.39, 0.29) is 16.1 Å². The molecule has 31 heavy (non-hydrogen) atoms. The summed E-state index contributed by atoms with van der Waals surface area (Å²) in [4.78, 5) is 30.7. The summed E-state index contributed by atoms with van der Waals surface area (Å²) in [6.45, 7) is 2.02. The first-order valence-corrected chi connectivity index (χ1v) is 10.1. The number of hydrogen-bond acceptors (Lipinski definition) is 4. The number of aryl methyl sites for hydroxylation is 1.